The third kappa shape index (κ3) is 4.03. The van der Waals surface area contributed by atoms with Crippen LogP contribution in [0.2, 0.25) is 0 Å². The molecule has 1 aromatic rings. The average Bonchev–Trinajstić information content (AvgIpc) is 2.37. The number of aryl methyl sites for hydroxylation is 1. The molecule has 0 saturated heterocycles. The number of hydrogen-bond acceptors (Lipinski definition) is 4. The first kappa shape index (κ1) is 15.6. The molecule has 0 aliphatic heterocycles. The van der Waals surface area contributed by atoms with E-state index in [2.05, 4.69) is 4.72 Å². The molecule has 104 valence electrons. The van der Waals surface area contributed by atoms with Gasteiger partial charge in [-0.3, -0.25) is 0 Å². The Balaban J connectivity index is 3.04. The Kier molecular flexibility index (Phi) is 5.48. The SMILES string of the molecule is CCC(CCO)NS(=O)(=O)c1ccc(C#N)cc1C. The fourth-order valence-corrected chi connectivity index (χ4v) is 3.39. The number of nitrogens with one attached hydrogen (secondary N) is 1. The Morgan fingerprint density at radius 3 is 2.63 bits per heavy atom. The molecule has 0 spiro atoms. The van der Waals surface area contributed by atoms with Crippen molar-refractivity contribution in [2.75, 3.05) is 6.61 Å². The minimum Gasteiger partial charge on any atom is -0.396 e. The number of nitrogens with zero attached hydrogens (tertiary/aromatic N) is 1. The summed E-state index contributed by atoms with van der Waals surface area (Å²) in [5.74, 6) is 0. The van der Waals surface area contributed by atoms with Crippen molar-refractivity contribution >= 4 is 10.0 Å². The molecule has 0 amide bonds. The molecule has 0 aliphatic carbocycles. The Morgan fingerprint density at radius 1 is 1.47 bits per heavy atom. The highest BCUT2D eigenvalue weighted by Gasteiger charge is 2.20. The van der Waals surface area contributed by atoms with E-state index in [9.17, 15) is 8.42 Å². The Labute approximate surface area is 113 Å². The van der Waals surface area contributed by atoms with Gasteiger partial charge in [-0.15, -0.1) is 0 Å². The fourth-order valence-electron chi connectivity index (χ4n) is 1.81. The Hall–Kier alpha value is -1.42. The zero-order valence-electron chi connectivity index (χ0n) is 11.0. The molecule has 1 aromatic carbocycles. The number of aliphatic hydroxyl groups is 1. The van der Waals surface area contributed by atoms with Crippen LogP contribution in [0.5, 0.6) is 0 Å². The maximum atomic E-state index is 12.2. The topological polar surface area (TPSA) is 90.2 Å². The van der Waals surface area contributed by atoms with Gasteiger partial charge in [0.15, 0.2) is 0 Å². The highest BCUT2D eigenvalue weighted by Crippen LogP contribution is 2.17. The summed E-state index contributed by atoms with van der Waals surface area (Å²) in [4.78, 5) is 0.169. The molecular formula is C13H18N2O3S. The molecule has 19 heavy (non-hydrogen) atoms. The zero-order chi connectivity index (χ0) is 14.5. The molecule has 0 radical (unpaired) electrons. The second-order valence-electron chi connectivity index (χ2n) is 4.33. The van der Waals surface area contributed by atoms with E-state index in [-0.39, 0.29) is 17.5 Å². The molecular weight excluding hydrogens is 264 g/mol. The second-order valence-corrected chi connectivity index (χ2v) is 6.01. The fraction of sp³-hybridized carbons (Fsp3) is 0.462. The average molecular weight is 282 g/mol. The summed E-state index contributed by atoms with van der Waals surface area (Å²) in [6.45, 7) is 3.45. The third-order valence-electron chi connectivity index (χ3n) is 2.89. The largest absolute Gasteiger partial charge is 0.396 e. The lowest BCUT2D eigenvalue weighted by Gasteiger charge is -2.17. The molecule has 0 aliphatic rings. The number of benzene rings is 1. The molecule has 0 aromatic heterocycles. The molecule has 6 heteroatoms. The Morgan fingerprint density at radius 2 is 2.16 bits per heavy atom. The van der Waals surface area contributed by atoms with Gasteiger partial charge in [0, 0.05) is 12.6 Å². The molecule has 1 rings (SSSR count). The predicted molar refractivity (Wildman–Crippen MR) is 72.0 cm³/mol. The summed E-state index contributed by atoms with van der Waals surface area (Å²) in [5.41, 5.74) is 0.962. The normalized spacial score (nSPS) is 12.9. The maximum absolute atomic E-state index is 12.2. The van der Waals surface area contributed by atoms with Crippen molar-refractivity contribution in [1.29, 1.82) is 5.26 Å². The van der Waals surface area contributed by atoms with Gasteiger partial charge in [-0.2, -0.15) is 5.26 Å². The lowest BCUT2D eigenvalue weighted by atomic mass is 10.2. The molecule has 0 fully saturated rings. The first-order valence-corrected chi connectivity index (χ1v) is 7.56. The highest BCUT2D eigenvalue weighted by molar-refractivity contribution is 7.89. The third-order valence-corrected chi connectivity index (χ3v) is 4.57. The van der Waals surface area contributed by atoms with Gasteiger partial charge in [-0.1, -0.05) is 6.92 Å². The molecule has 1 unspecified atom stereocenters. The van der Waals surface area contributed by atoms with E-state index in [0.29, 0.717) is 24.0 Å². The van der Waals surface area contributed by atoms with Crippen LogP contribution >= 0.6 is 0 Å². The molecule has 0 saturated carbocycles. The van der Waals surface area contributed by atoms with Crippen LogP contribution in [-0.2, 0) is 10.0 Å². The van der Waals surface area contributed by atoms with Crippen LogP contribution in [0.25, 0.3) is 0 Å². The number of nitriles is 1. The zero-order valence-corrected chi connectivity index (χ0v) is 11.9. The van der Waals surface area contributed by atoms with Gasteiger partial charge in [0.25, 0.3) is 0 Å². The molecule has 5 nitrogen and oxygen atoms in total. The first-order valence-electron chi connectivity index (χ1n) is 6.08. The molecule has 1 atom stereocenters. The minimum absolute atomic E-state index is 0.0621. The highest BCUT2D eigenvalue weighted by atomic mass is 32.2. The van der Waals surface area contributed by atoms with Crippen molar-refractivity contribution in [2.45, 2.75) is 37.6 Å². The van der Waals surface area contributed by atoms with Crippen molar-refractivity contribution in [3.63, 3.8) is 0 Å². The van der Waals surface area contributed by atoms with Crippen LogP contribution in [0.1, 0.15) is 30.9 Å². The Bertz CT molecular complexity index is 576. The quantitative estimate of drug-likeness (QED) is 0.823. The van der Waals surface area contributed by atoms with Crippen LogP contribution < -0.4 is 4.72 Å². The number of aliphatic hydroxyl groups excluding tert-OH is 1. The van der Waals surface area contributed by atoms with Crippen molar-refractivity contribution < 1.29 is 13.5 Å². The van der Waals surface area contributed by atoms with Gasteiger partial charge in [0.2, 0.25) is 10.0 Å². The van der Waals surface area contributed by atoms with Gasteiger partial charge in [0.05, 0.1) is 16.5 Å². The maximum Gasteiger partial charge on any atom is 0.241 e. The predicted octanol–water partition coefficient (Wildman–Crippen LogP) is 1.31. The second kappa shape index (κ2) is 6.66. The summed E-state index contributed by atoms with van der Waals surface area (Å²) in [6, 6.07) is 6.14. The van der Waals surface area contributed by atoms with Gasteiger partial charge in [-0.05, 0) is 43.5 Å². The van der Waals surface area contributed by atoms with E-state index >= 15 is 0 Å². The van der Waals surface area contributed by atoms with E-state index in [1.165, 1.54) is 12.1 Å². The number of hydrogen-bond donors (Lipinski definition) is 2. The van der Waals surface area contributed by atoms with Gasteiger partial charge in [0.1, 0.15) is 0 Å². The van der Waals surface area contributed by atoms with Crippen molar-refractivity contribution in [3.05, 3.63) is 29.3 Å². The van der Waals surface area contributed by atoms with Crippen LogP contribution in [0, 0.1) is 18.3 Å². The van der Waals surface area contributed by atoms with E-state index in [1.54, 1.807) is 13.0 Å². The summed E-state index contributed by atoms with van der Waals surface area (Å²) in [7, 11) is -3.62. The summed E-state index contributed by atoms with van der Waals surface area (Å²) >= 11 is 0. The lowest BCUT2D eigenvalue weighted by molar-refractivity contribution is 0.270. The smallest absolute Gasteiger partial charge is 0.241 e. The molecule has 0 heterocycles. The van der Waals surface area contributed by atoms with Crippen LogP contribution in [0.3, 0.4) is 0 Å². The van der Waals surface area contributed by atoms with E-state index in [1.807, 2.05) is 13.0 Å². The van der Waals surface area contributed by atoms with Crippen LogP contribution in [-0.4, -0.2) is 26.2 Å². The number of rotatable bonds is 6. The lowest BCUT2D eigenvalue weighted by Crippen LogP contribution is -2.35. The van der Waals surface area contributed by atoms with E-state index < -0.39 is 10.0 Å². The van der Waals surface area contributed by atoms with E-state index in [4.69, 9.17) is 10.4 Å². The monoisotopic (exact) mass is 282 g/mol. The van der Waals surface area contributed by atoms with Gasteiger partial charge >= 0.3 is 0 Å². The van der Waals surface area contributed by atoms with Gasteiger partial charge in [-0.25, -0.2) is 13.1 Å². The van der Waals surface area contributed by atoms with Crippen molar-refractivity contribution in [2.24, 2.45) is 0 Å². The van der Waals surface area contributed by atoms with Crippen molar-refractivity contribution in [1.82, 2.24) is 4.72 Å². The minimum atomic E-state index is -3.62. The summed E-state index contributed by atoms with van der Waals surface area (Å²) in [6.07, 6.45) is 0.986. The molecule has 0 bridgehead atoms. The summed E-state index contributed by atoms with van der Waals surface area (Å²) < 4.78 is 27.0. The summed E-state index contributed by atoms with van der Waals surface area (Å²) in [5, 5.41) is 17.7. The molecule has 2 N–H and O–H groups in total. The first-order chi connectivity index (χ1) is 8.94. The standard InChI is InChI=1S/C13H18N2O3S/c1-3-12(6-7-16)15-19(17,18)13-5-4-11(9-14)8-10(13)2/h4-5,8,12,15-16H,3,6-7H2,1-2H3. The van der Waals surface area contributed by atoms with E-state index in [0.717, 1.165) is 0 Å². The van der Waals surface area contributed by atoms with Crippen LogP contribution in [0.4, 0.5) is 0 Å². The number of sulfonamides is 1. The van der Waals surface area contributed by atoms with Crippen LogP contribution in [0.15, 0.2) is 23.1 Å². The van der Waals surface area contributed by atoms with Crippen molar-refractivity contribution in [3.8, 4) is 6.07 Å². The van der Waals surface area contributed by atoms with Gasteiger partial charge < -0.3 is 5.11 Å².